The summed E-state index contributed by atoms with van der Waals surface area (Å²) in [7, 11) is 0. The number of pyridine rings is 2. The van der Waals surface area contributed by atoms with Gasteiger partial charge in [0, 0.05) is 61.2 Å². The number of anilines is 2. The fourth-order valence-corrected chi connectivity index (χ4v) is 5.23. The zero-order chi connectivity index (χ0) is 23.5. The highest BCUT2D eigenvalue weighted by atomic mass is 16.4. The molecule has 0 spiro atoms. The van der Waals surface area contributed by atoms with Gasteiger partial charge in [-0.25, -0.2) is 14.8 Å². The number of carbonyl (C=O) groups is 1. The van der Waals surface area contributed by atoms with E-state index >= 15 is 0 Å². The van der Waals surface area contributed by atoms with Crippen molar-refractivity contribution >= 4 is 23.3 Å². The lowest BCUT2D eigenvalue weighted by molar-refractivity contribution is 0.0690. The largest absolute Gasteiger partial charge is 0.477 e. The molecule has 0 radical (unpaired) electrons. The van der Waals surface area contributed by atoms with Crippen LogP contribution in [0.3, 0.4) is 0 Å². The van der Waals surface area contributed by atoms with Crippen molar-refractivity contribution in [3.8, 4) is 11.1 Å². The average molecular weight is 463 g/mol. The zero-order valence-electron chi connectivity index (χ0n) is 19.6. The molecule has 1 aliphatic heterocycles. The second-order valence-corrected chi connectivity index (χ2v) is 9.75. The van der Waals surface area contributed by atoms with Crippen molar-refractivity contribution in [3.63, 3.8) is 0 Å². The van der Waals surface area contributed by atoms with Crippen LogP contribution in [0, 0.1) is 11.3 Å². The van der Waals surface area contributed by atoms with Crippen LogP contribution >= 0.6 is 0 Å². The lowest BCUT2D eigenvalue weighted by Crippen LogP contribution is -2.43. The van der Waals surface area contributed by atoms with Gasteiger partial charge in [-0.1, -0.05) is 25.7 Å². The summed E-state index contributed by atoms with van der Waals surface area (Å²) in [6, 6.07) is 5.90. The molecule has 34 heavy (non-hydrogen) atoms. The van der Waals surface area contributed by atoms with Crippen LogP contribution in [0.4, 0.5) is 11.6 Å². The first kappa shape index (κ1) is 22.8. The third-order valence-electron chi connectivity index (χ3n) is 7.47. The van der Waals surface area contributed by atoms with Crippen molar-refractivity contribution in [2.45, 2.75) is 57.4 Å². The van der Waals surface area contributed by atoms with E-state index in [0.717, 1.165) is 93.6 Å². The van der Waals surface area contributed by atoms with E-state index in [1.165, 1.54) is 6.42 Å². The number of nitrogens with zero attached hydrogens (tertiary/aromatic N) is 3. The van der Waals surface area contributed by atoms with E-state index in [0.29, 0.717) is 11.5 Å². The van der Waals surface area contributed by atoms with Gasteiger partial charge in [0.2, 0.25) is 0 Å². The molecule has 5 rings (SSSR count). The summed E-state index contributed by atoms with van der Waals surface area (Å²) < 4.78 is 0. The Labute approximate surface area is 200 Å². The number of nitrogens with one attached hydrogen (secondary N) is 3. The van der Waals surface area contributed by atoms with Gasteiger partial charge in [-0.2, -0.15) is 0 Å². The summed E-state index contributed by atoms with van der Waals surface area (Å²) in [5.74, 6) is 0.620. The minimum absolute atomic E-state index is 0.00431. The normalized spacial score (nSPS) is 19.5. The molecule has 2 aliphatic carbocycles. The van der Waals surface area contributed by atoms with Crippen molar-refractivity contribution in [2.24, 2.45) is 5.92 Å². The first-order valence-electron chi connectivity index (χ1n) is 12.7. The molecular formula is C26H34N6O2. The molecule has 2 aromatic rings. The maximum atomic E-state index is 12.0. The number of hydrogen-bond acceptors (Lipinski definition) is 7. The van der Waals surface area contributed by atoms with Crippen LogP contribution in [-0.2, 0) is 0 Å². The monoisotopic (exact) mass is 462 g/mol. The highest BCUT2D eigenvalue weighted by Crippen LogP contribution is 2.38. The van der Waals surface area contributed by atoms with Crippen molar-refractivity contribution in [3.05, 3.63) is 35.7 Å². The van der Waals surface area contributed by atoms with Gasteiger partial charge in [0.15, 0.2) is 5.69 Å². The number of piperazine rings is 1. The maximum Gasteiger partial charge on any atom is 0.354 e. The van der Waals surface area contributed by atoms with Gasteiger partial charge in [-0.15, -0.1) is 0 Å². The molecule has 2 saturated carbocycles. The molecule has 1 saturated heterocycles. The molecule has 0 amide bonds. The van der Waals surface area contributed by atoms with Crippen molar-refractivity contribution in [2.75, 3.05) is 36.4 Å². The van der Waals surface area contributed by atoms with E-state index in [1.807, 2.05) is 18.3 Å². The van der Waals surface area contributed by atoms with Gasteiger partial charge in [-0.05, 0) is 49.4 Å². The third kappa shape index (κ3) is 4.78. The minimum atomic E-state index is -1.06. The number of aromatic nitrogens is 2. The predicted octanol–water partition coefficient (Wildman–Crippen LogP) is 4.16. The predicted molar refractivity (Wildman–Crippen MR) is 134 cm³/mol. The summed E-state index contributed by atoms with van der Waals surface area (Å²) in [5.41, 5.74) is 2.88. The van der Waals surface area contributed by atoms with Crippen molar-refractivity contribution < 1.29 is 9.90 Å². The fourth-order valence-electron chi connectivity index (χ4n) is 5.23. The summed E-state index contributed by atoms with van der Waals surface area (Å²) in [5, 5.41) is 25.8. The quantitative estimate of drug-likeness (QED) is 0.457. The lowest BCUT2D eigenvalue weighted by atomic mass is 9.78. The molecule has 8 nitrogen and oxygen atoms in total. The summed E-state index contributed by atoms with van der Waals surface area (Å²) in [4.78, 5) is 23.5. The SMILES string of the molecule is N=C(c1c(-c2ccc(N3CCNCC3)nc2)cc(C(=O)O)nc1NC1CCCCC1)C1CCC1. The summed E-state index contributed by atoms with van der Waals surface area (Å²) in [6.45, 7) is 3.71. The van der Waals surface area contributed by atoms with Gasteiger partial charge < -0.3 is 26.0 Å². The maximum absolute atomic E-state index is 12.0. The van der Waals surface area contributed by atoms with E-state index in [4.69, 9.17) is 10.4 Å². The molecule has 0 unspecified atom stereocenters. The third-order valence-corrected chi connectivity index (χ3v) is 7.47. The Balaban J connectivity index is 1.56. The molecule has 0 bridgehead atoms. The van der Waals surface area contributed by atoms with Crippen LogP contribution in [-0.4, -0.2) is 59.0 Å². The molecular weight excluding hydrogens is 428 g/mol. The Morgan fingerprint density at radius 1 is 1.09 bits per heavy atom. The Hall–Kier alpha value is -3.00. The van der Waals surface area contributed by atoms with Crippen molar-refractivity contribution in [1.29, 1.82) is 5.41 Å². The molecule has 0 atom stereocenters. The Morgan fingerprint density at radius 3 is 2.47 bits per heavy atom. The average Bonchev–Trinajstić information content (AvgIpc) is 2.83. The van der Waals surface area contributed by atoms with Crippen LogP contribution in [0.2, 0.25) is 0 Å². The Morgan fingerprint density at radius 2 is 1.85 bits per heavy atom. The van der Waals surface area contributed by atoms with E-state index in [2.05, 4.69) is 20.5 Å². The van der Waals surface area contributed by atoms with Gasteiger partial charge in [-0.3, -0.25) is 0 Å². The van der Waals surface area contributed by atoms with E-state index in [-0.39, 0.29) is 17.7 Å². The molecule has 3 heterocycles. The molecule has 3 aliphatic rings. The molecule has 180 valence electrons. The second kappa shape index (κ2) is 10.1. The van der Waals surface area contributed by atoms with Crippen LogP contribution < -0.4 is 15.5 Å². The van der Waals surface area contributed by atoms with Gasteiger partial charge in [0.1, 0.15) is 11.6 Å². The smallest absolute Gasteiger partial charge is 0.354 e. The van der Waals surface area contributed by atoms with Gasteiger partial charge >= 0.3 is 5.97 Å². The zero-order valence-corrected chi connectivity index (χ0v) is 19.6. The van der Waals surface area contributed by atoms with Gasteiger partial charge in [0.05, 0.1) is 0 Å². The highest BCUT2D eigenvalue weighted by molar-refractivity contribution is 6.10. The number of aromatic carboxylic acids is 1. The molecule has 8 heteroatoms. The number of carboxylic acids is 1. The minimum Gasteiger partial charge on any atom is -0.477 e. The summed E-state index contributed by atoms with van der Waals surface area (Å²) >= 11 is 0. The van der Waals surface area contributed by atoms with Crippen LogP contribution in [0.1, 0.15) is 67.4 Å². The first-order valence-corrected chi connectivity index (χ1v) is 12.7. The summed E-state index contributed by atoms with van der Waals surface area (Å²) in [6.07, 6.45) is 10.6. The molecule has 2 aromatic heterocycles. The van der Waals surface area contributed by atoms with Crippen LogP contribution in [0.15, 0.2) is 24.4 Å². The number of carboxylic acid groups (broad SMARTS) is 1. The van der Waals surface area contributed by atoms with E-state index in [1.54, 1.807) is 6.07 Å². The Kier molecular flexibility index (Phi) is 6.76. The molecule has 4 N–H and O–H groups in total. The van der Waals surface area contributed by atoms with Crippen molar-refractivity contribution in [1.82, 2.24) is 15.3 Å². The number of rotatable bonds is 7. The van der Waals surface area contributed by atoms with Crippen LogP contribution in [0.25, 0.3) is 11.1 Å². The fraction of sp³-hybridized carbons (Fsp3) is 0.538. The van der Waals surface area contributed by atoms with E-state index < -0.39 is 5.97 Å². The number of hydrogen-bond donors (Lipinski definition) is 4. The lowest BCUT2D eigenvalue weighted by Gasteiger charge is -2.30. The highest BCUT2D eigenvalue weighted by Gasteiger charge is 2.30. The topological polar surface area (TPSA) is 114 Å². The Bertz CT molecular complexity index is 1040. The van der Waals surface area contributed by atoms with Gasteiger partial charge in [0.25, 0.3) is 0 Å². The second-order valence-electron chi connectivity index (χ2n) is 9.75. The van der Waals surface area contributed by atoms with E-state index in [9.17, 15) is 9.90 Å². The molecule has 3 fully saturated rings. The molecule has 0 aromatic carbocycles. The van der Waals surface area contributed by atoms with Crippen LogP contribution in [0.5, 0.6) is 0 Å². The standard InChI is InChI=1S/C26H34N6O2/c27-24(17-5-4-6-17)23-20(18-9-10-22(29-16-18)32-13-11-28-12-14-32)15-21(26(33)34)31-25(23)30-19-7-2-1-3-8-19/h9-10,15-17,19,27-28H,1-8,11-14H2,(H,30,31)(H,33,34). The first-order chi connectivity index (χ1) is 16.6.